The summed E-state index contributed by atoms with van der Waals surface area (Å²) in [4.78, 5) is 32.8. The number of pyridine rings is 1. The first-order chi connectivity index (χ1) is 19.0. The van der Waals surface area contributed by atoms with Gasteiger partial charge in [0.25, 0.3) is 15.9 Å². The Bertz CT molecular complexity index is 1460. The number of alkyl halides is 1. The molecule has 12 heteroatoms. The summed E-state index contributed by atoms with van der Waals surface area (Å²) in [5, 5.41) is 2.95. The van der Waals surface area contributed by atoms with Gasteiger partial charge >= 0.3 is 0 Å². The van der Waals surface area contributed by atoms with Crippen molar-refractivity contribution in [2.45, 2.75) is 49.7 Å². The van der Waals surface area contributed by atoms with Crippen molar-refractivity contribution < 1.29 is 22.4 Å². The molecule has 2 amide bonds. The number of hydrogen-bond donors (Lipinski definition) is 1. The van der Waals surface area contributed by atoms with Crippen LogP contribution in [0.1, 0.15) is 32.3 Å². The molecule has 9 nitrogen and oxygen atoms in total. The van der Waals surface area contributed by atoms with Crippen LogP contribution >= 0.6 is 11.6 Å². The molecule has 2 aromatic heterocycles. The Morgan fingerprint density at radius 3 is 2.50 bits per heavy atom. The molecule has 1 fully saturated rings. The lowest BCUT2D eigenvalue weighted by Crippen LogP contribution is -2.49. The third kappa shape index (κ3) is 6.37. The number of amides is 2. The predicted molar refractivity (Wildman–Crippen MR) is 150 cm³/mol. The maximum absolute atomic E-state index is 14.7. The molecule has 214 valence electrons. The van der Waals surface area contributed by atoms with Crippen LogP contribution in [-0.2, 0) is 26.2 Å². The molecule has 3 aromatic rings. The number of carbonyl (C=O) groups excluding carboxylic acids is 2. The molecule has 40 heavy (non-hydrogen) atoms. The molecule has 0 aliphatic carbocycles. The van der Waals surface area contributed by atoms with Crippen LogP contribution < -0.4 is 5.32 Å². The van der Waals surface area contributed by atoms with E-state index in [-0.39, 0.29) is 46.5 Å². The highest BCUT2D eigenvalue weighted by Crippen LogP contribution is 2.29. The van der Waals surface area contributed by atoms with E-state index < -0.39 is 21.3 Å². The van der Waals surface area contributed by atoms with Gasteiger partial charge in [0.2, 0.25) is 5.91 Å². The zero-order valence-electron chi connectivity index (χ0n) is 22.6. The van der Waals surface area contributed by atoms with Crippen molar-refractivity contribution in [3.05, 3.63) is 72.4 Å². The van der Waals surface area contributed by atoms with Crippen LogP contribution in [0, 0.1) is 11.7 Å². The van der Waals surface area contributed by atoms with Crippen molar-refractivity contribution in [2.75, 3.05) is 20.1 Å². The van der Waals surface area contributed by atoms with Crippen molar-refractivity contribution in [1.29, 1.82) is 0 Å². The predicted octanol–water partition coefficient (Wildman–Crippen LogP) is 3.69. The number of aromatic nitrogens is 2. The average molecular weight is 590 g/mol. The maximum atomic E-state index is 14.7. The van der Waals surface area contributed by atoms with E-state index in [0.717, 1.165) is 3.97 Å². The first-order valence-electron chi connectivity index (χ1n) is 13.1. The normalized spacial score (nSPS) is 15.3. The molecule has 1 aliphatic heterocycles. The Morgan fingerprint density at radius 1 is 1.18 bits per heavy atom. The number of rotatable bonds is 9. The highest BCUT2D eigenvalue weighted by Gasteiger charge is 2.32. The summed E-state index contributed by atoms with van der Waals surface area (Å²) in [6.07, 6.45) is 5.19. The average Bonchev–Trinajstić information content (AvgIpc) is 3.40. The highest BCUT2D eigenvalue weighted by molar-refractivity contribution is 7.90. The summed E-state index contributed by atoms with van der Waals surface area (Å²) < 4.78 is 42.6. The van der Waals surface area contributed by atoms with Crippen LogP contribution in [0.15, 0.2) is 66.0 Å². The number of likely N-dealkylation sites (tertiary alicyclic amines) is 1. The van der Waals surface area contributed by atoms with Crippen LogP contribution in [0.5, 0.6) is 0 Å². The van der Waals surface area contributed by atoms with E-state index in [1.807, 2.05) is 13.8 Å². The monoisotopic (exact) mass is 589 g/mol. The van der Waals surface area contributed by atoms with Gasteiger partial charge in [0.05, 0.1) is 5.69 Å². The quantitative estimate of drug-likeness (QED) is 0.302. The zero-order valence-corrected chi connectivity index (χ0v) is 24.2. The fraction of sp³-hybridized carbons (Fsp3) is 0.393. The van der Waals surface area contributed by atoms with E-state index in [0.29, 0.717) is 31.5 Å². The molecule has 1 saturated heterocycles. The van der Waals surface area contributed by atoms with Crippen LogP contribution in [0.2, 0.25) is 0 Å². The van der Waals surface area contributed by atoms with E-state index in [1.165, 1.54) is 48.9 Å². The number of carbonyl (C=O) groups is 2. The van der Waals surface area contributed by atoms with E-state index in [2.05, 4.69) is 10.3 Å². The molecule has 1 aliphatic rings. The van der Waals surface area contributed by atoms with Gasteiger partial charge in [0.15, 0.2) is 5.50 Å². The van der Waals surface area contributed by atoms with E-state index in [4.69, 9.17) is 11.6 Å². The Labute approximate surface area is 239 Å². The third-order valence-electron chi connectivity index (χ3n) is 7.16. The van der Waals surface area contributed by atoms with Crippen LogP contribution in [-0.4, -0.2) is 70.7 Å². The van der Waals surface area contributed by atoms with Gasteiger partial charge in [-0.3, -0.25) is 19.9 Å². The van der Waals surface area contributed by atoms with Crippen molar-refractivity contribution in [3.63, 3.8) is 0 Å². The molecule has 1 N–H and O–H groups in total. The largest absolute Gasteiger partial charge is 0.343 e. The van der Waals surface area contributed by atoms with E-state index >= 15 is 0 Å². The lowest BCUT2D eigenvalue weighted by atomic mass is 9.95. The second-order valence-electron chi connectivity index (χ2n) is 10.1. The van der Waals surface area contributed by atoms with Gasteiger partial charge in [0, 0.05) is 62.8 Å². The van der Waals surface area contributed by atoms with Crippen molar-refractivity contribution in [1.82, 2.24) is 24.1 Å². The summed E-state index contributed by atoms with van der Waals surface area (Å²) in [6, 6.07) is 10.5. The van der Waals surface area contributed by atoms with E-state index in [9.17, 15) is 22.4 Å². The molecule has 0 saturated carbocycles. The fourth-order valence-electron chi connectivity index (χ4n) is 4.62. The number of benzene rings is 1. The highest BCUT2D eigenvalue weighted by atomic mass is 35.5. The molecule has 0 bridgehead atoms. The van der Waals surface area contributed by atoms with E-state index in [1.54, 1.807) is 29.0 Å². The second-order valence-corrected chi connectivity index (χ2v) is 12.3. The Hall–Kier alpha value is -3.28. The Kier molecular flexibility index (Phi) is 9.27. The Balaban J connectivity index is 1.47. The molecule has 1 aromatic carbocycles. The minimum Gasteiger partial charge on any atom is -0.343 e. The minimum absolute atomic E-state index is 0.0467. The molecule has 1 atom stereocenters. The zero-order chi connectivity index (χ0) is 29.0. The van der Waals surface area contributed by atoms with Gasteiger partial charge < -0.3 is 9.80 Å². The number of nitrogens with one attached hydrogen (secondary N) is 1. The van der Waals surface area contributed by atoms with Crippen LogP contribution in [0.3, 0.4) is 0 Å². The van der Waals surface area contributed by atoms with Gasteiger partial charge in [-0.15, -0.1) is 0 Å². The van der Waals surface area contributed by atoms with Crippen LogP contribution in [0.4, 0.5) is 4.39 Å². The topological polar surface area (TPSA) is 105 Å². The smallest absolute Gasteiger partial charge is 0.269 e. The standard InChI is InChI=1S/C28H33ClFN5O4S/c1-19(2)33(3)27(36)21-10-13-34(14-11-21)28(37)26(29)32-16-20-15-25(23-8-4-5-9-24(23)30)35(18-20)40(38,39)22-7-6-12-31-17-22/h4-9,12,15,17-19,21,26,32H,10-11,13-14,16H2,1-3H3. The lowest BCUT2D eigenvalue weighted by molar-refractivity contribution is -0.141. The van der Waals surface area contributed by atoms with Gasteiger partial charge in [-0.25, -0.2) is 16.8 Å². The van der Waals surface area contributed by atoms with Crippen molar-refractivity contribution in [2.24, 2.45) is 5.92 Å². The van der Waals surface area contributed by atoms with Gasteiger partial charge in [-0.2, -0.15) is 0 Å². The first kappa shape index (κ1) is 29.7. The molecule has 0 radical (unpaired) electrons. The summed E-state index contributed by atoms with van der Waals surface area (Å²) in [5.74, 6) is -0.938. The molecule has 1 unspecified atom stereocenters. The second kappa shape index (κ2) is 12.5. The fourth-order valence-corrected chi connectivity index (χ4v) is 6.19. The van der Waals surface area contributed by atoms with Gasteiger partial charge in [0.1, 0.15) is 10.7 Å². The first-order valence-corrected chi connectivity index (χ1v) is 14.9. The number of nitrogens with zero attached hydrogens (tertiary/aromatic N) is 4. The SMILES string of the molecule is CC(C)N(C)C(=O)C1CCN(C(=O)C(Cl)NCc2cc(-c3ccccc3F)n(S(=O)(=O)c3cccnc3)c2)CC1. The summed E-state index contributed by atoms with van der Waals surface area (Å²) >= 11 is 6.41. The number of hydrogen-bond acceptors (Lipinski definition) is 6. The molecular weight excluding hydrogens is 557 g/mol. The Morgan fingerprint density at radius 2 is 1.88 bits per heavy atom. The third-order valence-corrected chi connectivity index (χ3v) is 9.16. The van der Waals surface area contributed by atoms with Gasteiger partial charge in [-0.05, 0) is 62.6 Å². The molecule has 3 heterocycles. The van der Waals surface area contributed by atoms with Crippen molar-refractivity contribution >= 4 is 33.4 Å². The summed E-state index contributed by atoms with van der Waals surface area (Å²) in [7, 11) is -2.30. The molecule has 0 spiro atoms. The maximum Gasteiger partial charge on any atom is 0.269 e. The number of piperidine rings is 1. The lowest BCUT2D eigenvalue weighted by Gasteiger charge is -2.35. The van der Waals surface area contributed by atoms with Crippen molar-refractivity contribution in [3.8, 4) is 11.3 Å². The minimum atomic E-state index is -4.09. The summed E-state index contributed by atoms with van der Waals surface area (Å²) in [5.41, 5.74) is -0.333. The van der Waals surface area contributed by atoms with Crippen LogP contribution in [0.25, 0.3) is 11.3 Å². The molecule has 4 rings (SSSR count). The molecular formula is C28H33ClFN5O4S. The van der Waals surface area contributed by atoms with Gasteiger partial charge in [-0.1, -0.05) is 23.7 Å². The number of halogens is 2. The summed E-state index contributed by atoms with van der Waals surface area (Å²) in [6.45, 7) is 4.82.